The van der Waals surface area contributed by atoms with Gasteiger partial charge in [0.1, 0.15) is 5.76 Å². The van der Waals surface area contributed by atoms with E-state index in [1.165, 1.54) is 12.4 Å². The third-order valence-electron chi connectivity index (χ3n) is 4.63. The molecular weight excluding hydrogens is 356 g/mol. The maximum absolute atomic E-state index is 12.8. The van der Waals surface area contributed by atoms with Crippen molar-refractivity contribution in [3.05, 3.63) is 81.9 Å². The molecule has 0 aliphatic heterocycles. The van der Waals surface area contributed by atoms with Crippen LogP contribution in [0, 0.1) is 13.8 Å². The molecule has 2 aromatic heterocycles. The minimum absolute atomic E-state index is 0.169. The average Bonchev–Trinajstić information content (AvgIpc) is 3.03. The fourth-order valence-electron chi connectivity index (χ4n) is 3.37. The van der Waals surface area contributed by atoms with Gasteiger partial charge in [-0.05, 0) is 36.2 Å². The minimum Gasteiger partial charge on any atom is -0.361 e. The lowest BCUT2D eigenvalue weighted by atomic mass is 9.94. The molecule has 2 aromatic carbocycles. The van der Waals surface area contributed by atoms with Crippen molar-refractivity contribution in [2.24, 2.45) is 0 Å². The maximum Gasteiger partial charge on any atom is 0.252 e. The van der Waals surface area contributed by atoms with Gasteiger partial charge in [-0.15, -0.1) is 0 Å². The first-order valence-electron chi connectivity index (χ1n) is 8.81. The third-order valence-corrected chi connectivity index (χ3v) is 4.63. The van der Waals surface area contributed by atoms with Crippen molar-refractivity contribution >= 4 is 16.7 Å². The van der Waals surface area contributed by atoms with Crippen molar-refractivity contribution in [1.82, 2.24) is 20.4 Å². The van der Waals surface area contributed by atoms with Crippen LogP contribution in [0.1, 0.15) is 27.5 Å². The van der Waals surface area contributed by atoms with Crippen LogP contribution in [0.5, 0.6) is 0 Å². The highest BCUT2D eigenvalue weighted by Gasteiger charge is 2.17. The maximum atomic E-state index is 12.8. The van der Waals surface area contributed by atoms with Crippen LogP contribution < -0.4 is 10.9 Å². The number of H-pyrrole nitrogens is 1. The van der Waals surface area contributed by atoms with Crippen LogP contribution in [0.4, 0.5) is 0 Å². The van der Waals surface area contributed by atoms with Gasteiger partial charge in [0.05, 0.1) is 24.3 Å². The Morgan fingerprint density at radius 1 is 1.14 bits per heavy atom. The van der Waals surface area contributed by atoms with Gasteiger partial charge in [-0.1, -0.05) is 35.5 Å². The van der Waals surface area contributed by atoms with Crippen molar-refractivity contribution in [2.75, 3.05) is 0 Å². The lowest BCUT2D eigenvalue weighted by molar-refractivity contribution is 0.0952. The van der Waals surface area contributed by atoms with Gasteiger partial charge in [0.15, 0.2) is 0 Å². The number of aromatic amines is 1. The van der Waals surface area contributed by atoms with Gasteiger partial charge in [0, 0.05) is 17.2 Å². The number of nitrogens with zero attached hydrogens (tertiary/aromatic N) is 2. The number of benzene rings is 2. The number of carbonyl (C=O) groups excluding carboxylic acids is 1. The molecule has 0 radical (unpaired) electrons. The molecule has 4 rings (SSSR count). The highest BCUT2D eigenvalue weighted by molar-refractivity contribution is 6.10. The predicted octanol–water partition coefficient (Wildman–Crippen LogP) is 3.12. The minimum atomic E-state index is -0.256. The zero-order chi connectivity index (χ0) is 19.7. The average molecular weight is 374 g/mol. The van der Waals surface area contributed by atoms with E-state index in [1.54, 1.807) is 6.07 Å². The summed E-state index contributed by atoms with van der Waals surface area (Å²) < 4.78 is 5.31. The summed E-state index contributed by atoms with van der Waals surface area (Å²) in [6, 6.07) is 12.8. The van der Waals surface area contributed by atoms with Crippen LogP contribution in [-0.4, -0.2) is 21.0 Å². The summed E-state index contributed by atoms with van der Waals surface area (Å²) in [5.74, 6) is 0.504. The first kappa shape index (κ1) is 17.7. The Hall–Kier alpha value is -3.74. The van der Waals surface area contributed by atoms with Crippen molar-refractivity contribution in [2.45, 2.75) is 20.4 Å². The molecule has 0 aliphatic rings. The van der Waals surface area contributed by atoms with Gasteiger partial charge < -0.3 is 14.8 Å². The first-order valence-corrected chi connectivity index (χ1v) is 8.81. The first-order chi connectivity index (χ1) is 13.5. The van der Waals surface area contributed by atoms with E-state index in [4.69, 9.17) is 4.52 Å². The van der Waals surface area contributed by atoms with Crippen molar-refractivity contribution < 1.29 is 9.32 Å². The molecule has 0 fully saturated rings. The zero-order valence-electron chi connectivity index (χ0n) is 15.4. The normalized spacial score (nSPS) is 10.9. The fourth-order valence-corrected chi connectivity index (χ4v) is 3.37. The van der Waals surface area contributed by atoms with Crippen molar-refractivity contribution in [3.8, 4) is 11.1 Å². The summed E-state index contributed by atoms with van der Waals surface area (Å²) in [5.41, 5.74) is 3.51. The smallest absolute Gasteiger partial charge is 0.252 e. The highest BCUT2D eigenvalue weighted by atomic mass is 16.5. The molecule has 2 heterocycles. The number of nitrogens with one attached hydrogen (secondary N) is 2. The van der Waals surface area contributed by atoms with E-state index in [0.717, 1.165) is 33.4 Å². The number of aryl methyl sites for hydroxylation is 2. The number of hydrogen-bond acceptors (Lipinski definition) is 5. The molecule has 0 bridgehead atoms. The SMILES string of the molecule is Cc1noc(C)c1-c1cccc2c(C(=O)NCc3cc(=O)[nH]cn3)cccc12. The van der Waals surface area contributed by atoms with Crippen LogP contribution in [-0.2, 0) is 6.54 Å². The molecule has 28 heavy (non-hydrogen) atoms. The van der Waals surface area contributed by atoms with Gasteiger partial charge in [0.25, 0.3) is 11.5 Å². The Morgan fingerprint density at radius 3 is 2.68 bits per heavy atom. The summed E-state index contributed by atoms with van der Waals surface area (Å²) in [6.07, 6.45) is 1.32. The van der Waals surface area contributed by atoms with Crippen LogP contribution in [0.2, 0.25) is 0 Å². The molecule has 1 amide bonds. The fraction of sp³-hybridized carbons (Fsp3) is 0.143. The Kier molecular flexibility index (Phi) is 4.49. The summed E-state index contributed by atoms with van der Waals surface area (Å²) in [4.78, 5) is 30.7. The molecule has 2 N–H and O–H groups in total. The Bertz CT molecular complexity index is 1220. The van der Waals surface area contributed by atoms with E-state index < -0.39 is 0 Å². The number of carbonyl (C=O) groups is 1. The third kappa shape index (κ3) is 3.18. The number of hydrogen-bond donors (Lipinski definition) is 2. The molecule has 140 valence electrons. The second kappa shape index (κ2) is 7.11. The summed E-state index contributed by atoms with van der Waals surface area (Å²) in [7, 11) is 0. The number of fused-ring (bicyclic) bond motifs is 1. The molecule has 7 nitrogen and oxygen atoms in total. The van der Waals surface area contributed by atoms with Crippen LogP contribution in [0.25, 0.3) is 21.9 Å². The Balaban J connectivity index is 1.71. The van der Waals surface area contributed by atoms with E-state index in [1.807, 2.05) is 44.2 Å². The number of amides is 1. The molecule has 0 saturated carbocycles. The monoisotopic (exact) mass is 374 g/mol. The van der Waals surface area contributed by atoms with E-state index in [9.17, 15) is 9.59 Å². The molecule has 0 atom stereocenters. The molecular formula is C21H18N4O3. The van der Waals surface area contributed by atoms with Gasteiger partial charge in [-0.25, -0.2) is 4.98 Å². The highest BCUT2D eigenvalue weighted by Crippen LogP contribution is 2.34. The molecule has 0 aliphatic carbocycles. The molecule has 0 spiro atoms. The second-order valence-electron chi connectivity index (χ2n) is 6.49. The molecule has 4 aromatic rings. The van der Waals surface area contributed by atoms with Gasteiger partial charge >= 0.3 is 0 Å². The van der Waals surface area contributed by atoms with Crippen LogP contribution >= 0.6 is 0 Å². The van der Waals surface area contributed by atoms with Gasteiger partial charge in [0.2, 0.25) is 0 Å². The van der Waals surface area contributed by atoms with Crippen molar-refractivity contribution in [3.63, 3.8) is 0 Å². The predicted molar refractivity (Wildman–Crippen MR) is 105 cm³/mol. The standard InChI is InChI=1S/C21H18N4O3/c1-12-20(13(2)28-25-12)17-7-3-6-16-15(17)5-4-8-18(16)21(27)22-10-14-9-19(26)24-11-23-14/h3-9,11H,10H2,1-2H3,(H,22,27)(H,23,24,26). The summed E-state index contributed by atoms with van der Waals surface area (Å²) in [6.45, 7) is 3.94. The number of rotatable bonds is 4. The Labute approximate surface area is 160 Å². The zero-order valence-corrected chi connectivity index (χ0v) is 15.4. The lowest BCUT2D eigenvalue weighted by Gasteiger charge is -2.11. The lowest BCUT2D eigenvalue weighted by Crippen LogP contribution is -2.24. The molecule has 7 heteroatoms. The summed E-state index contributed by atoms with van der Waals surface area (Å²) >= 11 is 0. The van der Waals surface area contributed by atoms with Crippen LogP contribution in [0.3, 0.4) is 0 Å². The molecule has 0 unspecified atom stereocenters. The van der Waals surface area contributed by atoms with Crippen molar-refractivity contribution in [1.29, 1.82) is 0 Å². The molecule has 0 saturated heterocycles. The second-order valence-corrected chi connectivity index (χ2v) is 6.49. The van der Waals surface area contributed by atoms with Gasteiger partial charge in [-0.2, -0.15) is 0 Å². The van der Waals surface area contributed by atoms with E-state index in [-0.39, 0.29) is 18.0 Å². The number of aromatic nitrogens is 3. The van der Waals surface area contributed by atoms with E-state index in [0.29, 0.717) is 11.3 Å². The largest absolute Gasteiger partial charge is 0.361 e. The van der Waals surface area contributed by atoms with E-state index in [2.05, 4.69) is 20.4 Å². The van der Waals surface area contributed by atoms with Gasteiger partial charge in [-0.3, -0.25) is 9.59 Å². The Morgan fingerprint density at radius 2 is 1.93 bits per heavy atom. The topological polar surface area (TPSA) is 101 Å². The van der Waals surface area contributed by atoms with Crippen LogP contribution in [0.15, 0.2) is 58.1 Å². The quantitative estimate of drug-likeness (QED) is 0.571. The summed E-state index contributed by atoms with van der Waals surface area (Å²) in [5, 5.41) is 8.64. The van der Waals surface area contributed by atoms with E-state index >= 15 is 0 Å².